The maximum atomic E-state index is 13.7. The van der Waals surface area contributed by atoms with Crippen LogP contribution in [-0.2, 0) is 28.9 Å². The Hall–Kier alpha value is -2.34. The Morgan fingerprint density at radius 2 is 1.78 bits per heavy atom. The van der Waals surface area contributed by atoms with Crippen molar-refractivity contribution in [3.63, 3.8) is 0 Å². The molecule has 0 N–H and O–H groups in total. The molecule has 2 aliphatic rings. The minimum absolute atomic E-state index is 0. The number of carbonyl (C=O) groups is 1. The number of aromatic nitrogens is 3. The number of hydrogen-bond donors (Lipinski definition) is 0. The molecule has 2 aromatic heterocycles. The van der Waals surface area contributed by atoms with Crippen LogP contribution in [0.15, 0.2) is 27.5 Å². The maximum Gasteiger partial charge on any atom is 0.310 e. The number of halogens is 2. The normalized spacial score (nSPS) is 19.5. The second-order valence-electron chi connectivity index (χ2n) is 13.5. The van der Waals surface area contributed by atoms with Gasteiger partial charge in [-0.05, 0) is 38.3 Å². The van der Waals surface area contributed by atoms with Crippen LogP contribution in [0.25, 0.3) is 11.0 Å². The fourth-order valence-corrected chi connectivity index (χ4v) is 7.26. The van der Waals surface area contributed by atoms with E-state index in [2.05, 4.69) is 12.1 Å². The first-order valence-corrected chi connectivity index (χ1v) is 17.5. The molecule has 0 unspecified atom stereocenters. The first-order chi connectivity index (χ1) is 21.9. The summed E-state index contributed by atoms with van der Waals surface area (Å²) in [7, 11) is 0. The molecule has 254 valence electrons. The molecule has 46 heavy (non-hydrogen) atoms. The molecule has 0 saturated carbocycles. The molecule has 5 rings (SSSR count). The van der Waals surface area contributed by atoms with Gasteiger partial charge in [-0.15, -0.1) is 0 Å². The van der Waals surface area contributed by atoms with Gasteiger partial charge in [-0.25, -0.2) is 9.37 Å². The lowest BCUT2D eigenvalue weighted by molar-refractivity contribution is -0.948. The van der Waals surface area contributed by atoms with Crippen molar-refractivity contribution < 1.29 is 46.9 Å². The standard InChI is InChI=1S/C36H52FN4O4.HI/c1-3-4-5-6-7-8-9-10-11-15-34(42)44-26-41(24-20-30-27(2)38-33-14-12-13-21-40(33)36(30)43)22-18-28(19-23-41)35-31-17-16-29(37)25-32(31)45-39-35;/h16-17,25,28H,3-15,18-24,26H2,1-2H3;1H/q+1;/p-1. The number of ether oxygens (including phenoxy) is 1. The largest absolute Gasteiger partial charge is 1.00 e. The number of piperidine rings is 1. The third-order valence-electron chi connectivity index (χ3n) is 10.2. The Labute approximate surface area is 290 Å². The summed E-state index contributed by atoms with van der Waals surface area (Å²) in [4.78, 5) is 31.1. The van der Waals surface area contributed by atoms with Crippen molar-refractivity contribution in [3.8, 4) is 0 Å². The second-order valence-corrected chi connectivity index (χ2v) is 13.5. The van der Waals surface area contributed by atoms with Crippen LogP contribution in [0.4, 0.5) is 4.39 Å². The molecular formula is C36H52FIN4O4. The van der Waals surface area contributed by atoms with E-state index in [0.717, 1.165) is 92.7 Å². The zero-order valence-electron chi connectivity index (χ0n) is 27.8. The van der Waals surface area contributed by atoms with Gasteiger partial charge in [0.1, 0.15) is 11.6 Å². The van der Waals surface area contributed by atoms with E-state index in [1.807, 2.05) is 11.5 Å². The number of fused-ring (bicyclic) bond motifs is 2. The molecule has 0 spiro atoms. The van der Waals surface area contributed by atoms with Crippen molar-refractivity contribution in [2.45, 2.75) is 129 Å². The number of carbonyl (C=O) groups excluding carboxylic acids is 1. The van der Waals surface area contributed by atoms with Gasteiger partial charge in [0.05, 0.1) is 25.3 Å². The molecule has 1 aromatic carbocycles. The molecule has 0 atom stereocenters. The van der Waals surface area contributed by atoms with Gasteiger partial charge in [0.15, 0.2) is 5.58 Å². The Kier molecular flexibility index (Phi) is 14.0. The molecule has 0 radical (unpaired) electrons. The number of likely N-dealkylation sites (tertiary alicyclic amines) is 1. The smallest absolute Gasteiger partial charge is 0.310 e. The average molecular weight is 751 g/mol. The average Bonchev–Trinajstić information content (AvgIpc) is 3.46. The lowest BCUT2D eigenvalue weighted by Gasteiger charge is -2.42. The zero-order chi connectivity index (χ0) is 31.6. The van der Waals surface area contributed by atoms with Crippen molar-refractivity contribution in [1.82, 2.24) is 14.7 Å². The molecule has 8 nitrogen and oxygen atoms in total. The SMILES string of the molecule is CCCCCCCCCCCC(=O)OC[N+]1(CCc2c(C)nc3n(c2=O)CCCC3)CCC(c2noc3cc(F)ccc23)CC1.[I-]. The second kappa shape index (κ2) is 17.7. The maximum absolute atomic E-state index is 13.7. The van der Waals surface area contributed by atoms with E-state index in [0.29, 0.717) is 36.2 Å². The van der Waals surface area contributed by atoms with Crippen molar-refractivity contribution in [1.29, 1.82) is 0 Å². The number of rotatable bonds is 16. The van der Waals surface area contributed by atoms with Crippen LogP contribution in [0.1, 0.15) is 126 Å². The van der Waals surface area contributed by atoms with Gasteiger partial charge in [0.2, 0.25) is 6.73 Å². The first-order valence-electron chi connectivity index (χ1n) is 17.5. The minimum Gasteiger partial charge on any atom is -1.00 e. The van der Waals surface area contributed by atoms with Crippen molar-refractivity contribution >= 4 is 16.9 Å². The van der Waals surface area contributed by atoms with Gasteiger partial charge in [0.25, 0.3) is 5.56 Å². The summed E-state index contributed by atoms with van der Waals surface area (Å²) in [6.45, 7) is 7.54. The highest BCUT2D eigenvalue weighted by atomic mass is 127. The summed E-state index contributed by atoms with van der Waals surface area (Å²) in [5.74, 6) is 0.617. The fraction of sp³-hybridized carbons (Fsp3) is 0.667. The summed E-state index contributed by atoms with van der Waals surface area (Å²) >= 11 is 0. The summed E-state index contributed by atoms with van der Waals surface area (Å²) in [6, 6.07) is 4.59. The number of unbranched alkanes of at least 4 members (excludes halogenated alkanes) is 8. The Bertz CT molecular complexity index is 1480. The molecule has 1 fully saturated rings. The van der Waals surface area contributed by atoms with Gasteiger partial charge >= 0.3 is 5.97 Å². The summed E-state index contributed by atoms with van der Waals surface area (Å²) < 4.78 is 27.7. The fourth-order valence-electron chi connectivity index (χ4n) is 7.26. The van der Waals surface area contributed by atoms with Crippen molar-refractivity contribution in [2.75, 3.05) is 26.4 Å². The summed E-state index contributed by atoms with van der Waals surface area (Å²) in [5.41, 5.74) is 3.04. The Morgan fingerprint density at radius 1 is 1.07 bits per heavy atom. The van der Waals surface area contributed by atoms with Gasteiger partial charge in [0, 0.05) is 67.3 Å². The molecular weight excluding hydrogens is 698 g/mol. The van der Waals surface area contributed by atoms with E-state index in [1.54, 1.807) is 6.07 Å². The highest BCUT2D eigenvalue weighted by Crippen LogP contribution is 2.35. The van der Waals surface area contributed by atoms with E-state index >= 15 is 0 Å². The third kappa shape index (κ3) is 9.39. The van der Waals surface area contributed by atoms with E-state index < -0.39 is 0 Å². The third-order valence-corrected chi connectivity index (χ3v) is 10.2. The highest BCUT2D eigenvalue weighted by Gasteiger charge is 2.37. The molecule has 0 amide bonds. The number of quaternary nitrogens is 1. The first kappa shape index (κ1) is 36.5. The Balaban J connectivity index is 0.00000480. The van der Waals surface area contributed by atoms with Gasteiger partial charge in [-0.2, -0.15) is 0 Å². The van der Waals surface area contributed by atoms with Crippen LogP contribution in [0.2, 0.25) is 0 Å². The van der Waals surface area contributed by atoms with Crippen LogP contribution < -0.4 is 29.5 Å². The number of aryl methyl sites for hydroxylation is 2. The van der Waals surface area contributed by atoms with Gasteiger partial charge in [-0.3, -0.25) is 18.6 Å². The van der Waals surface area contributed by atoms with Crippen molar-refractivity contribution in [3.05, 3.63) is 57.1 Å². The zero-order valence-corrected chi connectivity index (χ0v) is 30.0. The summed E-state index contributed by atoms with van der Waals surface area (Å²) in [6.07, 6.45) is 16.6. The van der Waals surface area contributed by atoms with Gasteiger partial charge < -0.3 is 33.2 Å². The van der Waals surface area contributed by atoms with Crippen LogP contribution in [0.3, 0.4) is 0 Å². The number of hydrogen-bond acceptors (Lipinski definition) is 6. The minimum atomic E-state index is -0.336. The molecule has 0 aliphatic carbocycles. The quantitative estimate of drug-likeness (QED) is 0.0927. The van der Waals surface area contributed by atoms with E-state index in [4.69, 9.17) is 14.2 Å². The molecule has 1 saturated heterocycles. The van der Waals surface area contributed by atoms with Crippen LogP contribution >= 0.6 is 0 Å². The monoisotopic (exact) mass is 750 g/mol. The van der Waals surface area contributed by atoms with E-state index in [1.165, 1.54) is 57.1 Å². The predicted octanol–water partition coefficient (Wildman–Crippen LogP) is 4.53. The topological polar surface area (TPSA) is 87.2 Å². The number of benzene rings is 1. The van der Waals surface area contributed by atoms with E-state index in [9.17, 15) is 14.0 Å². The molecule has 0 bridgehead atoms. The lowest BCUT2D eigenvalue weighted by Crippen LogP contribution is -3.00. The molecule has 4 heterocycles. The predicted molar refractivity (Wildman–Crippen MR) is 173 cm³/mol. The summed E-state index contributed by atoms with van der Waals surface area (Å²) in [5, 5.41) is 5.19. The van der Waals surface area contributed by atoms with Crippen LogP contribution in [0.5, 0.6) is 0 Å². The molecule has 10 heteroatoms. The van der Waals surface area contributed by atoms with E-state index in [-0.39, 0.29) is 47.2 Å². The molecule has 2 aliphatic heterocycles. The highest BCUT2D eigenvalue weighted by molar-refractivity contribution is 5.79. The number of nitrogens with zero attached hydrogens (tertiary/aromatic N) is 4. The number of esters is 1. The Morgan fingerprint density at radius 3 is 2.52 bits per heavy atom. The lowest BCUT2D eigenvalue weighted by atomic mass is 9.90. The van der Waals surface area contributed by atoms with Gasteiger partial charge in [-0.1, -0.05) is 63.4 Å². The van der Waals surface area contributed by atoms with Crippen molar-refractivity contribution in [2.24, 2.45) is 0 Å². The molecule has 3 aromatic rings. The van der Waals surface area contributed by atoms with Crippen LogP contribution in [0, 0.1) is 12.7 Å². The van der Waals surface area contributed by atoms with Crippen LogP contribution in [-0.4, -0.2) is 51.5 Å².